The summed E-state index contributed by atoms with van der Waals surface area (Å²) in [6, 6.07) is 10.2. The normalized spacial score (nSPS) is 22.9. The Morgan fingerprint density at radius 1 is 1.20 bits per heavy atom. The number of rotatable bonds is 6. The van der Waals surface area contributed by atoms with Crippen molar-refractivity contribution >= 4 is 5.91 Å². The Hall–Kier alpha value is -1.35. The van der Waals surface area contributed by atoms with Crippen LogP contribution in [0.25, 0.3) is 0 Å². The van der Waals surface area contributed by atoms with Crippen LogP contribution in [0.4, 0.5) is 0 Å². The van der Waals surface area contributed by atoms with Crippen LogP contribution in [0.2, 0.25) is 0 Å². The molecule has 0 aromatic heterocycles. The molecule has 2 fully saturated rings. The Morgan fingerprint density at radius 3 is 2.75 bits per heavy atom. The van der Waals surface area contributed by atoms with Crippen molar-refractivity contribution in [3.8, 4) is 0 Å². The van der Waals surface area contributed by atoms with E-state index in [-0.39, 0.29) is 5.91 Å². The van der Waals surface area contributed by atoms with Gasteiger partial charge in [-0.25, -0.2) is 0 Å². The van der Waals surface area contributed by atoms with Crippen molar-refractivity contribution < 1.29 is 4.79 Å². The van der Waals surface area contributed by atoms with Gasteiger partial charge < -0.3 is 10.2 Å². The first-order valence-corrected chi connectivity index (χ1v) is 7.90. The Morgan fingerprint density at radius 2 is 2.00 bits per heavy atom. The van der Waals surface area contributed by atoms with Gasteiger partial charge in [-0.2, -0.15) is 0 Å². The fourth-order valence-electron chi connectivity index (χ4n) is 3.14. The minimum atomic E-state index is 0.0531. The lowest BCUT2D eigenvalue weighted by Gasteiger charge is -2.24. The molecule has 1 atom stereocenters. The number of benzene rings is 1. The summed E-state index contributed by atoms with van der Waals surface area (Å²) in [6.45, 7) is 3.34. The SMILES string of the molecule is O=C(NCC[C@H]1CCCN1CC1CC1)c1ccccc1. The standard InChI is InChI=1S/C17H24N2O/c20-17(15-5-2-1-3-6-15)18-11-10-16-7-4-12-19(16)13-14-8-9-14/h1-3,5-6,14,16H,4,7-13H2,(H,18,20)/t16-/m1/s1. The van der Waals surface area contributed by atoms with Crippen molar-refractivity contribution in [2.75, 3.05) is 19.6 Å². The van der Waals surface area contributed by atoms with E-state index < -0.39 is 0 Å². The van der Waals surface area contributed by atoms with Gasteiger partial charge in [0.2, 0.25) is 0 Å². The third-order valence-electron chi connectivity index (χ3n) is 4.49. The molecule has 1 aliphatic carbocycles. The van der Waals surface area contributed by atoms with Crippen LogP contribution in [0.1, 0.15) is 42.5 Å². The average Bonchev–Trinajstić information content (AvgIpc) is 3.19. The van der Waals surface area contributed by atoms with Crippen molar-refractivity contribution in [1.82, 2.24) is 10.2 Å². The van der Waals surface area contributed by atoms with Gasteiger partial charge in [-0.15, -0.1) is 0 Å². The lowest BCUT2D eigenvalue weighted by Crippen LogP contribution is -2.35. The maximum Gasteiger partial charge on any atom is 0.251 e. The largest absolute Gasteiger partial charge is 0.352 e. The molecule has 0 spiro atoms. The monoisotopic (exact) mass is 272 g/mol. The van der Waals surface area contributed by atoms with E-state index in [1.807, 2.05) is 30.3 Å². The van der Waals surface area contributed by atoms with Crippen LogP contribution in [0.3, 0.4) is 0 Å². The molecule has 3 heteroatoms. The maximum absolute atomic E-state index is 12.0. The second kappa shape index (κ2) is 6.40. The number of amides is 1. The summed E-state index contributed by atoms with van der Waals surface area (Å²) in [5.74, 6) is 1.02. The quantitative estimate of drug-likeness (QED) is 0.863. The highest BCUT2D eigenvalue weighted by Crippen LogP contribution is 2.32. The molecule has 1 saturated heterocycles. The molecule has 3 rings (SSSR count). The number of nitrogens with zero attached hydrogens (tertiary/aromatic N) is 1. The minimum Gasteiger partial charge on any atom is -0.352 e. The fourth-order valence-corrected chi connectivity index (χ4v) is 3.14. The molecule has 20 heavy (non-hydrogen) atoms. The molecule has 0 radical (unpaired) electrons. The summed E-state index contributed by atoms with van der Waals surface area (Å²) in [5.41, 5.74) is 0.758. The number of hydrogen-bond donors (Lipinski definition) is 1. The van der Waals surface area contributed by atoms with Gasteiger partial charge in [0.25, 0.3) is 5.91 Å². The van der Waals surface area contributed by atoms with Crippen LogP contribution in [0.15, 0.2) is 30.3 Å². The molecule has 1 amide bonds. The molecule has 0 bridgehead atoms. The van der Waals surface area contributed by atoms with Gasteiger partial charge in [0.05, 0.1) is 0 Å². The first-order chi connectivity index (χ1) is 9.83. The van der Waals surface area contributed by atoms with Gasteiger partial charge in [0, 0.05) is 24.7 Å². The van der Waals surface area contributed by atoms with E-state index in [1.165, 1.54) is 38.8 Å². The summed E-state index contributed by atoms with van der Waals surface area (Å²) in [4.78, 5) is 14.6. The Balaban J connectivity index is 1.41. The third kappa shape index (κ3) is 3.60. The first kappa shape index (κ1) is 13.6. The van der Waals surface area contributed by atoms with E-state index >= 15 is 0 Å². The van der Waals surface area contributed by atoms with Crippen LogP contribution in [0, 0.1) is 5.92 Å². The lowest BCUT2D eigenvalue weighted by molar-refractivity contribution is 0.0949. The van der Waals surface area contributed by atoms with Gasteiger partial charge in [-0.1, -0.05) is 18.2 Å². The molecule has 108 valence electrons. The molecular formula is C17H24N2O. The van der Waals surface area contributed by atoms with Crippen molar-refractivity contribution in [2.45, 2.75) is 38.1 Å². The van der Waals surface area contributed by atoms with Gasteiger partial charge in [-0.05, 0) is 56.7 Å². The molecule has 1 saturated carbocycles. The summed E-state index contributed by atoms with van der Waals surface area (Å²) in [5, 5.41) is 3.05. The predicted octanol–water partition coefficient (Wildman–Crippen LogP) is 2.68. The molecule has 1 N–H and O–H groups in total. The average molecular weight is 272 g/mol. The van der Waals surface area contributed by atoms with Crippen molar-refractivity contribution in [2.24, 2.45) is 5.92 Å². The van der Waals surface area contributed by atoms with Crippen LogP contribution < -0.4 is 5.32 Å². The van der Waals surface area contributed by atoms with Crippen LogP contribution in [-0.2, 0) is 0 Å². The van der Waals surface area contributed by atoms with E-state index in [9.17, 15) is 4.79 Å². The van der Waals surface area contributed by atoms with Gasteiger partial charge in [0.15, 0.2) is 0 Å². The minimum absolute atomic E-state index is 0.0531. The van der Waals surface area contributed by atoms with Crippen LogP contribution in [0.5, 0.6) is 0 Å². The second-order valence-corrected chi connectivity index (χ2v) is 6.14. The van der Waals surface area contributed by atoms with Crippen molar-refractivity contribution in [3.05, 3.63) is 35.9 Å². The number of carbonyl (C=O) groups is 1. The van der Waals surface area contributed by atoms with Gasteiger partial charge in [0.1, 0.15) is 0 Å². The van der Waals surface area contributed by atoms with Crippen LogP contribution >= 0.6 is 0 Å². The zero-order valence-corrected chi connectivity index (χ0v) is 12.1. The fraction of sp³-hybridized carbons (Fsp3) is 0.588. The molecule has 1 aromatic carbocycles. The zero-order valence-electron chi connectivity index (χ0n) is 12.1. The Bertz CT molecular complexity index is 442. The maximum atomic E-state index is 12.0. The van der Waals surface area contributed by atoms with E-state index in [2.05, 4.69) is 10.2 Å². The van der Waals surface area contributed by atoms with Gasteiger partial charge in [-0.3, -0.25) is 4.79 Å². The van der Waals surface area contributed by atoms with E-state index in [4.69, 9.17) is 0 Å². The summed E-state index contributed by atoms with van der Waals surface area (Å²) in [6.07, 6.45) is 6.56. The molecule has 1 aliphatic heterocycles. The highest BCUT2D eigenvalue weighted by atomic mass is 16.1. The second-order valence-electron chi connectivity index (χ2n) is 6.14. The highest BCUT2D eigenvalue weighted by Gasteiger charge is 2.30. The van der Waals surface area contributed by atoms with Crippen LogP contribution in [-0.4, -0.2) is 36.5 Å². The van der Waals surface area contributed by atoms with Gasteiger partial charge >= 0.3 is 0 Å². The Labute approximate surface area is 121 Å². The summed E-state index contributed by atoms with van der Waals surface area (Å²) < 4.78 is 0. The van der Waals surface area contributed by atoms with Crippen molar-refractivity contribution in [1.29, 1.82) is 0 Å². The number of likely N-dealkylation sites (tertiary alicyclic amines) is 1. The molecule has 3 nitrogen and oxygen atoms in total. The lowest BCUT2D eigenvalue weighted by atomic mass is 10.1. The predicted molar refractivity (Wildman–Crippen MR) is 80.7 cm³/mol. The molecular weight excluding hydrogens is 248 g/mol. The number of nitrogens with one attached hydrogen (secondary N) is 1. The topological polar surface area (TPSA) is 32.3 Å². The zero-order chi connectivity index (χ0) is 13.8. The third-order valence-corrected chi connectivity index (χ3v) is 4.49. The molecule has 1 heterocycles. The highest BCUT2D eigenvalue weighted by molar-refractivity contribution is 5.94. The molecule has 2 aliphatic rings. The Kier molecular flexibility index (Phi) is 4.36. The number of hydrogen-bond acceptors (Lipinski definition) is 2. The molecule has 0 unspecified atom stereocenters. The van der Waals surface area contributed by atoms with E-state index in [0.717, 1.165) is 24.4 Å². The van der Waals surface area contributed by atoms with E-state index in [0.29, 0.717) is 6.04 Å². The number of carbonyl (C=O) groups excluding carboxylic acids is 1. The summed E-state index contributed by atoms with van der Waals surface area (Å²) in [7, 11) is 0. The van der Waals surface area contributed by atoms with Crippen molar-refractivity contribution in [3.63, 3.8) is 0 Å². The first-order valence-electron chi connectivity index (χ1n) is 7.90. The van der Waals surface area contributed by atoms with E-state index in [1.54, 1.807) is 0 Å². The smallest absolute Gasteiger partial charge is 0.251 e. The molecule has 1 aromatic rings. The summed E-state index contributed by atoms with van der Waals surface area (Å²) >= 11 is 0.